The van der Waals surface area contributed by atoms with Gasteiger partial charge in [0.05, 0.1) is 17.1 Å². The number of hydrogen-bond donors (Lipinski definition) is 1. The van der Waals surface area contributed by atoms with Crippen LogP contribution in [0.25, 0.3) is 0 Å². The number of pyridine rings is 1. The summed E-state index contributed by atoms with van der Waals surface area (Å²) in [7, 11) is 0. The highest BCUT2D eigenvalue weighted by atomic mass is 35.5. The Labute approximate surface area is 121 Å². The van der Waals surface area contributed by atoms with Crippen LogP contribution in [0.5, 0.6) is 0 Å². The summed E-state index contributed by atoms with van der Waals surface area (Å²) in [5, 5.41) is 3.25. The van der Waals surface area contributed by atoms with Gasteiger partial charge in [-0.3, -0.25) is 4.79 Å². The molecule has 1 N–H and O–H groups in total. The molecule has 0 aliphatic heterocycles. The maximum absolute atomic E-state index is 11.8. The highest BCUT2D eigenvalue weighted by Crippen LogP contribution is 2.19. The average Bonchev–Trinajstić information content (AvgIpc) is 2.41. The van der Waals surface area contributed by atoms with Crippen LogP contribution < -0.4 is 5.32 Å². The van der Waals surface area contributed by atoms with Gasteiger partial charge in [0.15, 0.2) is 0 Å². The van der Waals surface area contributed by atoms with Crippen molar-refractivity contribution >= 4 is 35.0 Å². The summed E-state index contributed by atoms with van der Waals surface area (Å²) in [5.74, 6) is 0.313. The Morgan fingerprint density at radius 3 is 2.68 bits per heavy atom. The molecule has 1 aromatic carbocycles. The van der Waals surface area contributed by atoms with E-state index in [9.17, 15) is 4.79 Å². The minimum Gasteiger partial charge on any atom is -0.324 e. The van der Waals surface area contributed by atoms with Crippen LogP contribution >= 0.6 is 23.4 Å². The molecule has 0 saturated heterocycles. The molecule has 0 spiro atoms. The smallest absolute Gasteiger partial charge is 0.234 e. The van der Waals surface area contributed by atoms with Gasteiger partial charge in [0.2, 0.25) is 5.91 Å². The van der Waals surface area contributed by atoms with Gasteiger partial charge in [-0.05, 0) is 31.2 Å². The third-order valence-electron chi connectivity index (χ3n) is 2.44. The molecule has 2 aromatic rings. The molecule has 98 valence electrons. The van der Waals surface area contributed by atoms with Gasteiger partial charge in [0, 0.05) is 4.90 Å². The lowest BCUT2D eigenvalue weighted by atomic mass is 10.3. The summed E-state index contributed by atoms with van der Waals surface area (Å²) in [5.41, 5.74) is 1.41. The van der Waals surface area contributed by atoms with Crippen molar-refractivity contribution < 1.29 is 4.79 Å². The molecule has 0 saturated carbocycles. The second-order valence-electron chi connectivity index (χ2n) is 3.92. The molecule has 0 aliphatic carbocycles. The fraction of sp³-hybridized carbons (Fsp3) is 0.143. The normalized spacial score (nSPS) is 10.2. The lowest BCUT2D eigenvalue weighted by molar-refractivity contribution is -0.113. The number of amides is 1. The lowest BCUT2D eigenvalue weighted by Gasteiger charge is -2.07. The first-order valence-corrected chi connectivity index (χ1v) is 7.12. The minimum absolute atomic E-state index is 0.0546. The van der Waals surface area contributed by atoms with Crippen LogP contribution in [-0.2, 0) is 4.79 Å². The van der Waals surface area contributed by atoms with Gasteiger partial charge in [0.25, 0.3) is 0 Å². The van der Waals surface area contributed by atoms with Crippen LogP contribution in [-0.4, -0.2) is 16.6 Å². The first-order chi connectivity index (χ1) is 9.15. The quantitative estimate of drug-likeness (QED) is 0.689. The van der Waals surface area contributed by atoms with Gasteiger partial charge < -0.3 is 5.32 Å². The maximum Gasteiger partial charge on any atom is 0.234 e. The number of anilines is 1. The van der Waals surface area contributed by atoms with Crippen LogP contribution in [0.15, 0.2) is 47.4 Å². The molecule has 1 heterocycles. The molecule has 0 bridgehead atoms. The minimum atomic E-state index is -0.0546. The predicted octanol–water partition coefficient (Wildman–Crippen LogP) is 3.77. The van der Waals surface area contributed by atoms with Gasteiger partial charge >= 0.3 is 0 Å². The van der Waals surface area contributed by atoms with E-state index in [0.717, 1.165) is 4.90 Å². The number of carbonyl (C=O) groups excluding carboxylic acids is 1. The van der Waals surface area contributed by atoms with Crippen LogP contribution in [0.1, 0.15) is 5.69 Å². The summed E-state index contributed by atoms with van der Waals surface area (Å²) in [6.07, 6.45) is 0. The molecule has 0 aliphatic rings. The highest BCUT2D eigenvalue weighted by Gasteiger charge is 2.06. The summed E-state index contributed by atoms with van der Waals surface area (Å²) in [6, 6.07) is 13.2. The molecular weight excluding hydrogens is 280 g/mol. The maximum atomic E-state index is 11.8. The third-order valence-corrected chi connectivity index (χ3v) is 3.66. The Morgan fingerprint density at radius 1 is 1.26 bits per heavy atom. The fourth-order valence-electron chi connectivity index (χ4n) is 1.51. The Hall–Kier alpha value is -1.52. The number of hydrogen-bond acceptors (Lipinski definition) is 3. The van der Waals surface area contributed by atoms with E-state index in [1.54, 1.807) is 12.1 Å². The molecule has 0 atom stereocenters. The molecule has 0 unspecified atom stereocenters. The number of nitrogens with zero attached hydrogens (tertiary/aromatic N) is 1. The number of aromatic nitrogens is 1. The lowest BCUT2D eigenvalue weighted by Crippen LogP contribution is -2.15. The van der Waals surface area contributed by atoms with Crippen molar-refractivity contribution in [3.05, 3.63) is 53.3 Å². The van der Waals surface area contributed by atoms with Crippen LogP contribution in [0.3, 0.4) is 0 Å². The summed E-state index contributed by atoms with van der Waals surface area (Å²) in [6.45, 7) is 1.81. The zero-order valence-corrected chi connectivity index (χ0v) is 12.0. The summed E-state index contributed by atoms with van der Waals surface area (Å²) in [4.78, 5) is 17.0. The Kier molecular flexibility index (Phi) is 4.82. The highest BCUT2D eigenvalue weighted by molar-refractivity contribution is 8.00. The molecule has 2 rings (SSSR count). The second-order valence-corrected chi connectivity index (χ2v) is 5.35. The summed E-state index contributed by atoms with van der Waals surface area (Å²) < 4.78 is 0. The number of rotatable bonds is 4. The molecule has 19 heavy (non-hydrogen) atoms. The van der Waals surface area contributed by atoms with E-state index in [2.05, 4.69) is 10.3 Å². The third kappa shape index (κ3) is 4.26. The summed E-state index contributed by atoms with van der Waals surface area (Å²) >= 11 is 7.27. The molecule has 3 nitrogen and oxygen atoms in total. The van der Waals surface area contributed by atoms with Crippen molar-refractivity contribution in [2.75, 3.05) is 11.1 Å². The predicted molar refractivity (Wildman–Crippen MR) is 79.8 cm³/mol. The number of thioether (sulfide) groups is 1. The van der Waals surface area contributed by atoms with Crippen molar-refractivity contribution in [2.45, 2.75) is 11.8 Å². The van der Waals surface area contributed by atoms with E-state index in [1.807, 2.05) is 37.3 Å². The standard InChI is InChI=1S/C14H13ClN2OS/c1-10-12(7-8-13(15)16-10)17-14(18)9-19-11-5-3-2-4-6-11/h2-8H,9H2,1H3,(H,17,18). The Morgan fingerprint density at radius 2 is 2.00 bits per heavy atom. The Balaban J connectivity index is 1.91. The van der Waals surface area contributed by atoms with E-state index >= 15 is 0 Å². The number of halogens is 1. The number of benzene rings is 1. The van der Waals surface area contributed by atoms with Crippen LogP contribution in [0.4, 0.5) is 5.69 Å². The Bertz CT molecular complexity index is 575. The van der Waals surface area contributed by atoms with E-state index < -0.39 is 0 Å². The van der Waals surface area contributed by atoms with E-state index in [4.69, 9.17) is 11.6 Å². The van der Waals surface area contributed by atoms with E-state index in [-0.39, 0.29) is 5.91 Å². The first kappa shape index (κ1) is 13.9. The van der Waals surface area contributed by atoms with Crippen LogP contribution in [0, 0.1) is 6.92 Å². The average molecular weight is 293 g/mol. The first-order valence-electron chi connectivity index (χ1n) is 5.76. The largest absolute Gasteiger partial charge is 0.324 e. The van der Waals surface area contributed by atoms with Gasteiger partial charge in [-0.15, -0.1) is 11.8 Å². The number of nitrogens with one attached hydrogen (secondary N) is 1. The number of aryl methyl sites for hydroxylation is 1. The molecule has 0 radical (unpaired) electrons. The van der Waals surface area contributed by atoms with Gasteiger partial charge in [-0.25, -0.2) is 4.98 Å². The van der Waals surface area contributed by atoms with Crippen molar-refractivity contribution in [3.63, 3.8) is 0 Å². The van der Waals surface area contributed by atoms with Crippen molar-refractivity contribution in [2.24, 2.45) is 0 Å². The molecule has 1 aromatic heterocycles. The van der Waals surface area contributed by atoms with Gasteiger partial charge in [-0.1, -0.05) is 29.8 Å². The van der Waals surface area contributed by atoms with Gasteiger partial charge in [-0.2, -0.15) is 0 Å². The van der Waals surface area contributed by atoms with Crippen molar-refractivity contribution in [3.8, 4) is 0 Å². The molecule has 1 amide bonds. The fourth-order valence-corrected chi connectivity index (χ4v) is 2.42. The van der Waals surface area contributed by atoms with Crippen molar-refractivity contribution in [1.29, 1.82) is 0 Å². The monoisotopic (exact) mass is 292 g/mol. The van der Waals surface area contributed by atoms with Crippen molar-refractivity contribution in [1.82, 2.24) is 4.98 Å². The van der Waals surface area contributed by atoms with E-state index in [1.165, 1.54) is 11.8 Å². The molecular formula is C14H13ClN2OS. The number of carbonyl (C=O) groups is 1. The van der Waals surface area contributed by atoms with Gasteiger partial charge in [0.1, 0.15) is 5.15 Å². The zero-order valence-electron chi connectivity index (χ0n) is 10.4. The molecule has 0 fully saturated rings. The van der Waals surface area contributed by atoms with Crippen LogP contribution in [0.2, 0.25) is 5.15 Å². The zero-order chi connectivity index (χ0) is 13.7. The SMILES string of the molecule is Cc1nc(Cl)ccc1NC(=O)CSc1ccccc1. The topological polar surface area (TPSA) is 42.0 Å². The second kappa shape index (κ2) is 6.59. The van der Waals surface area contributed by atoms with E-state index in [0.29, 0.717) is 22.3 Å². The molecule has 5 heteroatoms.